The summed E-state index contributed by atoms with van der Waals surface area (Å²) >= 11 is 0. The Hall–Kier alpha value is -2.91. The maximum absolute atomic E-state index is 12.9. The van der Waals surface area contributed by atoms with Crippen LogP contribution >= 0.6 is 0 Å². The van der Waals surface area contributed by atoms with E-state index in [1.165, 1.54) is 23.5 Å². The number of aryl methyl sites for hydroxylation is 1. The zero-order valence-corrected chi connectivity index (χ0v) is 17.1. The highest BCUT2D eigenvalue weighted by atomic mass is 32.2. The topological polar surface area (TPSA) is 84.2 Å². The SMILES string of the molecule is COc1ccc(S(=O)(=O)N2CCN(C(=O)c3cn4cccc(C)c4n3)CC2)cc1. The van der Waals surface area contributed by atoms with Gasteiger partial charge in [0, 0.05) is 38.6 Å². The van der Waals surface area contributed by atoms with E-state index < -0.39 is 10.0 Å². The summed E-state index contributed by atoms with van der Waals surface area (Å²) in [7, 11) is -2.07. The number of carbonyl (C=O) groups excluding carboxylic acids is 1. The average molecular weight is 414 g/mol. The van der Waals surface area contributed by atoms with Crippen molar-refractivity contribution in [3.8, 4) is 5.75 Å². The standard InChI is InChI=1S/C20H22N4O4S/c1-15-4-3-9-23-14-18(21-19(15)23)20(25)22-10-12-24(13-11-22)29(26,27)17-7-5-16(28-2)6-8-17/h3-9,14H,10-13H2,1-2H3. The molecule has 8 nitrogen and oxygen atoms in total. The summed E-state index contributed by atoms with van der Waals surface area (Å²) in [5.41, 5.74) is 2.10. The van der Waals surface area contributed by atoms with Crippen molar-refractivity contribution in [2.75, 3.05) is 33.3 Å². The molecule has 1 fully saturated rings. The minimum Gasteiger partial charge on any atom is -0.497 e. The molecule has 1 aliphatic heterocycles. The lowest BCUT2D eigenvalue weighted by atomic mass is 10.3. The fraction of sp³-hybridized carbons (Fsp3) is 0.300. The molecule has 1 amide bonds. The van der Waals surface area contributed by atoms with E-state index in [9.17, 15) is 13.2 Å². The van der Waals surface area contributed by atoms with Gasteiger partial charge in [-0.3, -0.25) is 4.79 Å². The van der Waals surface area contributed by atoms with Crippen molar-refractivity contribution in [2.24, 2.45) is 0 Å². The van der Waals surface area contributed by atoms with Gasteiger partial charge in [-0.2, -0.15) is 4.31 Å². The van der Waals surface area contributed by atoms with E-state index >= 15 is 0 Å². The van der Waals surface area contributed by atoms with Crippen molar-refractivity contribution in [2.45, 2.75) is 11.8 Å². The lowest BCUT2D eigenvalue weighted by Crippen LogP contribution is -2.50. The van der Waals surface area contributed by atoms with E-state index in [4.69, 9.17) is 4.74 Å². The Morgan fingerprint density at radius 3 is 2.38 bits per heavy atom. The third kappa shape index (κ3) is 3.58. The van der Waals surface area contributed by atoms with Crippen molar-refractivity contribution in [3.05, 3.63) is 60.0 Å². The predicted octanol–water partition coefficient (Wildman–Crippen LogP) is 1.80. The molecule has 0 radical (unpaired) electrons. The maximum atomic E-state index is 12.9. The summed E-state index contributed by atoms with van der Waals surface area (Å²) in [6.45, 7) is 3.07. The molecular weight excluding hydrogens is 392 g/mol. The molecule has 0 saturated carbocycles. The minimum absolute atomic E-state index is 0.186. The van der Waals surface area contributed by atoms with Gasteiger partial charge < -0.3 is 14.0 Å². The number of sulfonamides is 1. The number of rotatable bonds is 4. The van der Waals surface area contributed by atoms with Crippen molar-refractivity contribution in [1.29, 1.82) is 0 Å². The molecule has 0 aliphatic carbocycles. The van der Waals surface area contributed by atoms with Crippen LogP contribution in [0.2, 0.25) is 0 Å². The molecule has 29 heavy (non-hydrogen) atoms. The molecule has 0 N–H and O–H groups in total. The molecule has 1 aliphatic rings. The number of benzene rings is 1. The second kappa shape index (κ2) is 7.49. The maximum Gasteiger partial charge on any atom is 0.274 e. The van der Waals surface area contributed by atoms with Gasteiger partial charge in [-0.1, -0.05) is 6.07 Å². The fourth-order valence-electron chi connectivity index (χ4n) is 3.45. The van der Waals surface area contributed by atoms with Crippen molar-refractivity contribution < 1.29 is 17.9 Å². The number of nitrogens with zero attached hydrogens (tertiary/aromatic N) is 4. The first-order chi connectivity index (χ1) is 13.9. The van der Waals surface area contributed by atoms with E-state index in [0.717, 1.165) is 11.2 Å². The van der Waals surface area contributed by atoms with Crippen LogP contribution in [0.1, 0.15) is 16.1 Å². The molecule has 3 aromatic rings. The third-order valence-corrected chi connectivity index (χ3v) is 7.03. The number of ether oxygens (including phenoxy) is 1. The van der Waals surface area contributed by atoms with Gasteiger partial charge in [0.25, 0.3) is 5.91 Å². The summed E-state index contributed by atoms with van der Waals surface area (Å²) in [6, 6.07) is 10.2. The van der Waals surface area contributed by atoms with E-state index in [2.05, 4.69) is 4.98 Å². The van der Waals surface area contributed by atoms with Crippen LogP contribution in [0.15, 0.2) is 53.7 Å². The Bertz CT molecular complexity index is 1150. The molecule has 0 bridgehead atoms. The number of imidazole rings is 1. The van der Waals surface area contributed by atoms with Gasteiger partial charge in [0.2, 0.25) is 10.0 Å². The molecule has 4 rings (SSSR count). The largest absolute Gasteiger partial charge is 0.497 e. The van der Waals surface area contributed by atoms with E-state index in [0.29, 0.717) is 24.5 Å². The number of aromatic nitrogens is 2. The van der Waals surface area contributed by atoms with Crippen LogP contribution in [0.3, 0.4) is 0 Å². The number of hydrogen-bond donors (Lipinski definition) is 0. The number of hydrogen-bond acceptors (Lipinski definition) is 5. The zero-order valence-electron chi connectivity index (χ0n) is 16.3. The van der Waals surface area contributed by atoms with Crippen LogP contribution in [0.4, 0.5) is 0 Å². The van der Waals surface area contributed by atoms with Gasteiger partial charge in [0.15, 0.2) is 0 Å². The lowest BCUT2D eigenvalue weighted by molar-refractivity contribution is 0.0692. The van der Waals surface area contributed by atoms with E-state index in [1.807, 2.05) is 29.7 Å². The van der Waals surface area contributed by atoms with E-state index in [-0.39, 0.29) is 23.9 Å². The summed E-state index contributed by atoms with van der Waals surface area (Å²) in [4.78, 5) is 19.2. The highest BCUT2D eigenvalue weighted by Crippen LogP contribution is 2.21. The van der Waals surface area contributed by atoms with Crippen LogP contribution in [0.5, 0.6) is 5.75 Å². The number of carbonyl (C=O) groups is 1. The molecular formula is C20H22N4O4S. The highest BCUT2D eigenvalue weighted by molar-refractivity contribution is 7.89. The zero-order chi connectivity index (χ0) is 20.6. The number of methoxy groups -OCH3 is 1. The second-order valence-corrected chi connectivity index (χ2v) is 8.86. The summed E-state index contributed by atoms with van der Waals surface area (Å²) in [5.74, 6) is 0.414. The molecule has 0 atom stereocenters. The normalized spacial score (nSPS) is 15.6. The third-order valence-electron chi connectivity index (χ3n) is 5.12. The highest BCUT2D eigenvalue weighted by Gasteiger charge is 2.31. The molecule has 0 unspecified atom stereocenters. The second-order valence-electron chi connectivity index (χ2n) is 6.92. The Morgan fingerprint density at radius 2 is 1.76 bits per heavy atom. The molecule has 9 heteroatoms. The molecule has 0 spiro atoms. The van der Waals surface area contributed by atoms with Gasteiger partial charge in [0.05, 0.1) is 12.0 Å². The van der Waals surface area contributed by atoms with Gasteiger partial charge in [0.1, 0.15) is 17.1 Å². The number of amides is 1. The van der Waals surface area contributed by atoms with Gasteiger partial charge in [-0.15, -0.1) is 0 Å². The Labute approximate surface area is 169 Å². The lowest BCUT2D eigenvalue weighted by Gasteiger charge is -2.33. The number of piperazine rings is 1. The minimum atomic E-state index is -3.61. The number of fused-ring (bicyclic) bond motifs is 1. The van der Waals surface area contributed by atoms with Gasteiger partial charge in [-0.05, 0) is 42.8 Å². The predicted molar refractivity (Wildman–Crippen MR) is 108 cm³/mol. The van der Waals surface area contributed by atoms with Crippen molar-refractivity contribution in [3.63, 3.8) is 0 Å². The van der Waals surface area contributed by atoms with Gasteiger partial charge in [-0.25, -0.2) is 13.4 Å². The monoisotopic (exact) mass is 414 g/mol. The quantitative estimate of drug-likeness (QED) is 0.650. The Morgan fingerprint density at radius 1 is 1.07 bits per heavy atom. The average Bonchev–Trinajstić information content (AvgIpc) is 3.19. The van der Waals surface area contributed by atoms with Crippen molar-refractivity contribution in [1.82, 2.24) is 18.6 Å². The summed E-state index contributed by atoms with van der Waals surface area (Å²) in [5, 5.41) is 0. The fourth-order valence-corrected chi connectivity index (χ4v) is 4.87. The van der Waals surface area contributed by atoms with Crippen LogP contribution in [-0.4, -0.2) is 66.2 Å². The van der Waals surface area contributed by atoms with Crippen molar-refractivity contribution >= 4 is 21.6 Å². The van der Waals surface area contributed by atoms with E-state index in [1.54, 1.807) is 23.2 Å². The summed E-state index contributed by atoms with van der Waals surface area (Å²) < 4.78 is 34.0. The van der Waals surface area contributed by atoms with Crippen LogP contribution in [-0.2, 0) is 10.0 Å². The summed E-state index contributed by atoms with van der Waals surface area (Å²) in [6.07, 6.45) is 3.57. The first-order valence-corrected chi connectivity index (χ1v) is 10.7. The Balaban J connectivity index is 1.46. The molecule has 2 aromatic heterocycles. The molecule has 1 saturated heterocycles. The first kappa shape index (κ1) is 19.4. The first-order valence-electron chi connectivity index (χ1n) is 9.28. The van der Waals surface area contributed by atoms with Gasteiger partial charge >= 0.3 is 0 Å². The van der Waals surface area contributed by atoms with Crippen LogP contribution in [0.25, 0.3) is 5.65 Å². The molecule has 1 aromatic carbocycles. The smallest absolute Gasteiger partial charge is 0.274 e. The molecule has 3 heterocycles. The van der Waals surface area contributed by atoms with Crippen LogP contribution < -0.4 is 4.74 Å². The number of pyridine rings is 1. The molecule has 152 valence electrons. The Kier molecular flexibility index (Phi) is 5.01. The van der Waals surface area contributed by atoms with Crippen LogP contribution in [0, 0.1) is 6.92 Å².